The molecule has 8 nitrogen and oxygen atoms in total. The van der Waals surface area contributed by atoms with Gasteiger partial charge >= 0.3 is 0 Å². The summed E-state index contributed by atoms with van der Waals surface area (Å²) in [5.41, 5.74) is 2.12. The molecule has 1 aromatic heterocycles. The standard InChI is InChI=1S/C21H25N3O5S/c1-27-11-10-16-13-22-24(15-16)19-6-4-5-7-21(19)30(25,26)23-14-17-8-9-18(28-2)12-20(17)29-3/h4-9,12-13,15,23H,10-11,14H2,1-3H3. The Bertz CT molecular complexity index is 1100. The molecule has 30 heavy (non-hydrogen) atoms. The molecule has 0 atom stereocenters. The molecule has 9 heteroatoms. The molecule has 0 saturated carbocycles. The number of ether oxygens (including phenoxy) is 3. The third-order valence-corrected chi connectivity index (χ3v) is 6.03. The molecule has 1 heterocycles. The summed E-state index contributed by atoms with van der Waals surface area (Å²) in [5.74, 6) is 1.17. The average Bonchev–Trinajstić information content (AvgIpc) is 3.25. The van der Waals surface area contributed by atoms with Gasteiger partial charge in [0.1, 0.15) is 16.4 Å². The molecule has 0 amide bonds. The second-order valence-electron chi connectivity index (χ2n) is 6.51. The van der Waals surface area contributed by atoms with E-state index in [0.29, 0.717) is 35.8 Å². The number of nitrogens with one attached hydrogen (secondary N) is 1. The Hall–Kier alpha value is -2.88. The quantitative estimate of drug-likeness (QED) is 0.531. The fourth-order valence-corrected chi connectivity index (χ4v) is 4.16. The lowest BCUT2D eigenvalue weighted by Gasteiger charge is -2.14. The molecule has 0 unspecified atom stereocenters. The number of methoxy groups -OCH3 is 3. The minimum atomic E-state index is -3.81. The minimum absolute atomic E-state index is 0.0715. The van der Waals surface area contributed by atoms with Gasteiger partial charge in [-0.15, -0.1) is 0 Å². The van der Waals surface area contributed by atoms with E-state index in [1.165, 1.54) is 7.11 Å². The summed E-state index contributed by atoms with van der Waals surface area (Å²) in [5, 5.41) is 4.31. The van der Waals surface area contributed by atoms with Crippen LogP contribution in [0.25, 0.3) is 5.69 Å². The van der Waals surface area contributed by atoms with E-state index in [2.05, 4.69) is 9.82 Å². The van der Waals surface area contributed by atoms with Gasteiger partial charge in [-0.1, -0.05) is 18.2 Å². The number of nitrogens with zero attached hydrogens (tertiary/aromatic N) is 2. The Morgan fingerprint density at radius 3 is 2.60 bits per heavy atom. The third kappa shape index (κ3) is 4.99. The summed E-state index contributed by atoms with van der Waals surface area (Å²) in [6.45, 7) is 0.638. The van der Waals surface area contributed by atoms with E-state index in [1.807, 2.05) is 0 Å². The maximum atomic E-state index is 13.1. The Balaban J connectivity index is 1.84. The van der Waals surface area contributed by atoms with Gasteiger partial charge in [0, 0.05) is 31.5 Å². The maximum absolute atomic E-state index is 13.1. The van der Waals surface area contributed by atoms with Gasteiger partial charge in [0.2, 0.25) is 10.0 Å². The molecule has 0 fully saturated rings. The highest BCUT2D eigenvalue weighted by molar-refractivity contribution is 7.89. The van der Waals surface area contributed by atoms with Crippen LogP contribution >= 0.6 is 0 Å². The highest BCUT2D eigenvalue weighted by Gasteiger charge is 2.20. The third-order valence-electron chi connectivity index (χ3n) is 4.58. The summed E-state index contributed by atoms with van der Waals surface area (Å²) >= 11 is 0. The highest BCUT2D eigenvalue weighted by Crippen LogP contribution is 2.25. The summed E-state index contributed by atoms with van der Waals surface area (Å²) in [4.78, 5) is 0.138. The van der Waals surface area contributed by atoms with Crippen molar-refractivity contribution in [2.75, 3.05) is 27.9 Å². The number of sulfonamides is 1. The van der Waals surface area contributed by atoms with Crippen LogP contribution in [0.5, 0.6) is 11.5 Å². The molecule has 3 aromatic rings. The van der Waals surface area contributed by atoms with Gasteiger partial charge in [-0.3, -0.25) is 0 Å². The van der Waals surface area contributed by atoms with E-state index in [4.69, 9.17) is 14.2 Å². The van der Waals surface area contributed by atoms with Gasteiger partial charge in [0.05, 0.1) is 32.7 Å². The van der Waals surface area contributed by atoms with Crippen LogP contribution in [0.3, 0.4) is 0 Å². The Kier molecular flexibility index (Phi) is 7.09. The van der Waals surface area contributed by atoms with Crippen LogP contribution in [0, 0.1) is 0 Å². The summed E-state index contributed by atoms with van der Waals surface area (Å²) in [7, 11) is 0.915. The fourth-order valence-electron chi connectivity index (χ4n) is 2.96. The molecule has 2 aromatic carbocycles. The van der Waals surface area contributed by atoms with Crippen molar-refractivity contribution in [1.82, 2.24) is 14.5 Å². The van der Waals surface area contributed by atoms with Crippen LogP contribution in [-0.2, 0) is 27.7 Å². The molecule has 0 bridgehead atoms. The number of hydrogen-bond donors (Lipinski definition) is 1. The lowest BCUT2D eigenvalue weighted by atomic mass is 10.2. The fraction of sp³-hybridized carbons (Fsp3) is 0.286. The molecule has 160 valence electrons. The van der Waals surface area contributed by atoms with Crippen molar-refractivity contribution in [3.63, 3.8) is 0 Å². The van der Waals surface area contributed by atoms with Gasteiger partial charge in [0.15, 0.2) is 0 Å². The predicted octanol–water partition coefficient (Wildman–Crippen LogP) is 2.56. The summed E-state index contributed by atoms with van der Waals surface area (Å²) < 4.78 is 45.9. The zero-order chi connectivity index (χ0) is 21.6. The largest absolute Gasteiger partial charge is 0.497 e. The monoisotopic (exact) mass is 431 g/mol. The van der Waals surface area contributed by atoms with Crippen LogP contribution in [0.1, 0.15) is 11.1 Å². The first-order valence-electron chi connectivity index (χ1n) is 9.31. The minimum Gasteiger partial charge on any atom is -0.497 e. The van der Waals surface area contributed by atoms with Crippen molar-refractivity contribution < 1.29 is 22.6 Å². The molecule has 0 aliphatic carbocycles. The number of benzene rings is 2. The molecular weight excluding hydrogens is 406 g/mol. The topological polar surface area (TPSA) is 91.7 Å². The smallest absolute Gasteiger partial charge is 0.243 e. The molecule has 3 rings (SSSR count). The van der Waals surface area contributed by atoms with E-state index in [0.717, 1.165) is 5.56 Å². The predicted molar refractivity (Wildman–Crippen MR) is 113 cm³/mol. The van der Waals surface area contributed by atoms with Gasteiger partial charge < -0.3 is 14.2 Å². The van der Waals surface area contributed by atoms with Crippen LogP contribution in [0.4, 0.5) is 0 Å². The van der Waals surface area contributed by atoms with E-state index < -0.39 is 10.0 Å². The van der Waals surface area contributed by atoms with Crippen molar-refractivity contribution in [2.24, 2.45) is 0 Å². The molecule has 0 spiro atoms. The molecule has 1 N–H and O–H groups in total. The van der Waals surface area contributed by atoms with Crippen molar-refractivity contribution in [3.8, 4) is 17.2 Å². The highest BCUT2D eigenvalue weighted by atomic mass is 32.2. The van der Waals surface area contributed by atoms with E-state index in [1.54, 1.807) is 73.8 Å². The van der Waals surface area contributed by atoms with Crippen molar-refractivity contribution in [2.45, 2.75) is 17.9 Å². The zero-order valence-corrected chi connectivity index (χ0v) is 18.0. The second kappa shape index (κ2) is 9.75. The normalized spacial score (nSPS) is 11.4. The van der Waals surface area contributed by atoms with Gasteiger partial charge in [-0.05, 0) is 30.2 Å². The molecular formula is C21H25N3O5S. The van der Waals surface area contributed by atoms with Crippen LogP contribution in [0.15, 0.2) is 59.8 Å². The molecule has 0 saturated heterocycles. The Morgan fingerprint density at radius 2 is 1.87 bits per heavy atom. The Labute approximate surface area is 176 Å². The van der Waals surface area contributed by atoms with Crippen molar-refractivity contribution in [3.05, 3.63) is 66.0 Å². The summed E-state index contributed by atoms with van der Waals surface area (Å²) in [6.07, 6.45) is 4.21. The van der Waals surface area contributed by atoms with E-state index in [-0.39, 0.29) is 11.4 Å². The van der Waals surface area contributed by atoms with Crippen LogP contribution < -0.4 is 14.2 Å². The molecule has 0 aliphatic heterocycles. The number of rotatable bonds is 10. The average molecular weight is 432 g/mol. The summed E-state index contributed by atoms with van der Waals surface area (Å²) in [6, 6.07) is 12.0. The van der Waals surface area contributed by atoms with Crippen molar-refractivity contribution in [1.29, 1.82) is 0 Å². The molecule has 0 radical (unpaired) electrons. The van der Waals surface area contributed by atoms with Crippen LogP contribution in [0.2, 0.25) is 0 Å². The van der Waals surface area contributed by atoms with Crippen LogP contribution in [-0.4, -0.2) is 46.1 Å². The first-order valence-corrected chi connectivity index (χ1v) is 10.8. The first-order chi connectivity index (χ1) is 14.5. The molecule has 0 aliphatic rings. The van der Waals surface area contributed by atoms with Crippen molar-refractivity contribution >= 4 is 10.0 Å². The first kappa shape index (κ1) is 21.8. The van der Waals surface area contributed by atoms with Gasteiger partial charge in [-0.25, -0.2) is 17.8 Å². The number of para-hydroxylation sites is 1. The number of aromatic nitrogens is 2. The van der Waals surface area contributed by atoms with E-state index in [9.17, 15) is 8.42 Å². The van der Waals surface area contributed by atoms with E-state index >= 15 is 0 Å². The lowest BCUT2D eigenvalue weighted by Crippen LogP contribution is -2.25. The lowest BCUT2D eigenvalue weighted by molar-refractivity contribution is 0.202. The zero-order valence-electron chi connectivity index (χ0n) is 17.2. The SMILES string of the molecule is COCCc1cnn(-c2ccccc2S(=O)(=O)NCc2ccc(OC)cc2OC)c1. The Morgan fingerprint density at radius 1 is 1.07 bits per heavy atom. The number of hydrogen-bond acceptors (Lipinski definition) is 6. The maximum Gasteiger partial charge on any atom is 0.243 e. The van der Waals surface area contributed by atoms with Gasteiger partial charge in [0.25, 0.3) is 0 Å². The second-order valence-corrected chi connectivity index (χ2v) is 8.24. The van der Waals surface area contributed by atoms with Gasteiger partial charge in [-0.2, -0.15) is 5.10 Å².